The molecule has 0 heterocycles. The quantitative estimate of drug-likeness (QED) is 0.430. The minimum Gasteiger partial charge on any atom is -0.469 e. The number of hydrogen-bond acceptors (Lipinski definition) is 3. The molecule has 0 aromatic heterocycles. The third kappa shape index (κ3) is 3.84. The molecule has 0 radical (unpaired) electrons. The maximum absolute atomic E-state index is 11.8. The van der Waals surface area contributed by atoms with Gasteiger partial charge in [-0.1, -0.05) is 24.5 Å². The van der Waals surface area contributed by atoms with Crippen LogP contribution in [0.25, 0.3) is 0 Å². The SMILES string of the molecule is C/C=C1/CCCCC[C@@H]1C(COC)C(=O)OC. The summed E-state index contributed by atoms with van der Waals surface area (Å²) in [7, 11) is 3.10. The third-order valence-electron chi connectivity index (χ3n) is 3.66. The van der Waals surface area contributed by atoms with Crippen LogP contribution in [-0.4, -0.2) is 26.8 Å². The second-order valence-electron chi connectivity index (χ2n) is 4.65. The van der Waals surface area contributed by atoms with Crippen LogP contribution in [0, 0.1) is 11.8 Å². The summed E-state index contributed by atoms with van der Waals surface area (Å²) >= 11 is 0. The highest BCUT2D eigenvalue weighted by Gasteiger charge is 2.32. The molecular formula is C14H24O3. The van der Waals surface area contributed by atoms with Crippen molar-refractivity contribution in [1.29, 1.82) is 0 Å². The highest BCUT2D eigenvalue weighted by Crippen LogP contribution is 2.34. The molecule has 1 aliphatic carbocycles. The molecule has 0 aromatic rings. The van der Waals surface area contributed by atoms with Crippen molar-refractivity contribution in [3.05, 3.63) is 11.6 Å². The maximum Gasteiger partial charge on any atom is 0.311 e. The summed E-state index contributed by atoms with van der Waals surface area (Å²) in [6, 6.07) is 0. The van der Waals surface area contributed by atoms with Crippen LogP contribution in [0.2, 0.25) is 0 Å². The second kappa shape index (κ2) is 7.49. The van der Waals surface area contributed by atoms with E-state index < -0.39 is 0 Å². The largest absolute Gasteiger partial charge is 0.469 e. The summed E-state index contributed by atoms with van der Waals surface area (Å²) < 4.78 is 10.1. The van der Waals surface area contributed by atoms with Crippen molar-refractivity contribution < 1.29 is 14.3 Å². The maximum atomic E-state index is 11.8. The standard InChI is InChI=1S/C14H24O3/c1-4-11-8-6-5-7-9-12(11)13(10-16-2)14(15)17-3/h4,12-13H,5-10H2,1-3H3/b11-4-/t12-,13?/m0/s1. The van der Waals surface area contributed by atoms with Crippen molar-refractivity contribution in [2.24, 2.45) is 11.8 Å². The highest BCUT2D eigenvalue weighted by atomic mass is 16.5. The van der Waals surface area contributed by atoms with Crippen molar-refractivity contribution in [2.45, 2.75) is 39.0 Å². The Bertz CT molecular complexity index is 271. The number of esters is 1. The molecule has 0 aliphatic heterocycles. The van der Waals surface area contributed by atoms with Gasteiger partial charge in [0.2, 0.25) is 0 Å². The van der Waals surface area contributed by atoms with Gasteiger partial charge in [-0.3, -0.25) is 4.79 Å². The van der Waals surface area contributed by atoms with E-state index in [0.717, 1.165) is 12.8 Å². The number of carbonyl (C=O) groups excluding carboxylic acids is 1. The third-order valence-corrected chi connectivity index (χ3v) is 3.66. The van der Waals surface area contributed by atoms with E-state index in [0.29, 0.717) is 12.5 Å². The molecule has 1 unspecified atom stereocenters. The summed E-state index contributed by atoms with van der Waals surface area (Å²) in [5, 5.41) is 0. The van der Waals surface area contributed by atoms with Crippen molar-refractivity contribution in [3.63, 3.8) is 0 Å². The van der Waals surface area contributed by atoms with Crippen LogP contribution in [0.15, 0.2) is 11.6 Å². The number of methoxy groups -OCH3 is 2. The fourth-order valence-corrected chi connectivity index (χ4v) is 2.74. The zero-order valence-electron chi connectivity index (χ0n) is 11.2. The van der Waals surface area contributed by atoms with Crippen molar-refractivity contribution in [3.8, 4) is 0 Å². The lowest BCUT2D eigenvalue weighted by atomic mass is 9.82. The molecule has 1 saturated carbocycles. The first-order chi connectivity index (χ1) is 8.24. The van der Waals surface area contributed by atoms with E-state index in [2.05, 4.69) is 13.0 Å². The first-order valence-electron chi connectivity index (χ1n) is 6.46. The summed E-state index contributed by atoms with van der Waals surface area (Å²) in [5.74, 6) is 0.0160. The molecule has 1 rings (SSSR count). The molecule has 17 heavy (non-hydrogen) atoms. The first kappa shape index (κ1) is 14.2. The molecule has 0 saturated heterocycles. The van der Waals surface area contributed by atoms with Gasteiger partial charge in [-0.25, -0.2) is 0 Å². The predicted octanol–water partition coefficient (Wildman–Crippen LogP) is 2.95. The summed E-state index contributed by atoms with van der Waals surface area (Å²) in [4.78, 5) is 11.8. The zero-order chi connectivity index (χ0) is 12.7. The van der Waals surface area contributed by atoms with Gasteiger partial charge < -0.3 is 9.47 Å². The molecule has 1 aliphatic rings. The number of hydrogen-bond donors (Lipinski definition) is 0. The van der Waals surface area contributed by atoms with E-state index in [1.54, 1.807) is 7.11 Å². The fraction of sp³-hybridized carbons (Fsp3) is 0.786. The lowest BCUT2D eigenvalue weighted by Gasteiger charge is -2.25. The Morgan fingerprint density at radius 1 is 1.41 bits per heavy atom. The predicted molar refractivity (Wildman–Crippen MR) is 67.7 cm³/mol. The van der Waals surface area contributed by atoms with Gasteiger partial charge in [0, 0.05) is 7.11 Å². The molecule has 0 N–H and O–H groups in total. The van der Waals surface area contributed by atoms with Crippen molar-refractivity contribution in [1.82, 2.24) is 0 Å². The van der Waals surface area contributed by atoms with Gasteiger partial charge >= 0.3 is 5.97 Å². The topological polar surface area (TPSA) is 35.5 Å². The minimum absolute atomic E-state index is 0.141. The first-order valence-corrected chi connectivity index (χ1v) is 6.46. The average Bonchev–Trinajstić information content (AvgIpc) is 2.59. The van der Waals surface area contributed by atoms with Crippen LogP contribution in [0.3, 0.4) is 0 Å². The number of carbonyl (C=O) groups is 1. The normalized spacial score (nSPS) is 25.4. The van der Waals surface area contributed by atoms with Crippen LogP contribution < -0.4 is 0 Å². The summed E-state index contributed by atoms with van der Waals surface area (Å²) in [6.07, 6.45) is 8.04. The lowest BCUT2D eigenvalue weighted by molar-refractivity contribution is -0.149. The molecule has 0 aromatic carbocycles. The van der Waals surface area contributed by atoms with Crippen molar-refractivity contribution >= 4 is 5.97 Å². The van der Waals surface area contributed by atoms with Gasteiger partial charge in [0.05, 0.1) is 19.6 Å². The molecule has 0 bridgehead atoms. The minimum atomic E-state index is -0.144. The Morgan fingerprint density at radius 2 is 2.18 bits per heavy atom. The number of ether oxygens (including phenoxy) is 2. The van der Waals surface area contributed by atoms with E-state index in [-0.39, 0.29) is 11.9 Å². The molecule has 3 nitrogen and oxygen atoms in total. The van der Waals surface area contributed by atoms with Crippen molar-refractivity contribution in [2.75, 3.05) is 20.8 Å². The van der Waals surface area contributed by atoms with Gasteiger partial charge in [-0.05, 0) is 32.1 Å². The summed E-state index contributed by atoms with van der Waals surface area (Å²) in [5.41, 5.74) is 1.40. The second-order valence-corrected chi connectivity index (χ2v) is 4.65. The van der Waals surface area contributed by atoms with Gasteiger partial charge in [0.1, 0.15) is 0 Å². The van der Waals surface area contributed by atoms with E-state index in [1.807, 2.05) is 0 Å². The lowest BCUT2D eigenvalue weighted by Crippen LogP contribution is -2.30. The van der Waals surface area contributed by atoms with E-state index in [9.17, 15) is 4.79 Å². The Kier molecular flexibility index (Phi) is 6.27. The zero-order valence-corrected chi connectivity index (χ0v) is 11.2. The molecule has 98 valence electrons. The monoisotopic (exact) mass is 240 g/mol. The van der Waals surface area contributed by atoms with E-state index >= 15 is 0 Å². The van der Waals surface area contributed by atoms with E-state index in [1.165, 1.54) is 31.9 Å². The molecule has 3 heteroatoms. The smallest absolute Gasteiger partial charge is 0.311 e. The fourth-order valence-electron chi connectivity index (χ4n) is 2.74. The van der Waals surface area contributed by atoms with Gasteiger partial charge in [0.15, 0.2) is 0 Å². The van der Waals surface area contributed by atoms with Crippen LogP contribution in [0.1, 0.15) is 39.0 Å². The Balaban J connectivity index is 2.84. The highest BCUT2D eigenvalue weighted by molar-refractivity contribution is 5.73. The molecule has 1 fully saturated rings. The van der Waals surface area contributed by atoms with Gasteiger partial charge in [0.25, 0.3) is 0 Å². The Hall–Kier alpha value is -0.830. The summed E-state index contributed by atoms with van der Waals surface area (Å²) in [6.45, 7) is 2.52. The van der Waals surface area contributed by atoms with Gasteiger partial charge in [-0.2, -0.15) is 0 Å². The molecule has 2 atom stereocenters. The molecular weight excluding hydrogens is 216 g/mol. The number of rotatable bonds is 4. The van der Waals surface area contributed by atoms with Gasteiger partial charge in [-0.15, -0.1) is 0 Å². The van der Waals surface area contributed by atoms with Crippen LogP contribution in [0.4, 0.5) is 0 Å². The van der Waals surface area contributed by atoms with Crippen LogP contribution >= 0.6 is 0 Å². The van der Waals surface area contributed by atoms with Crippen LogP contribution in [0.5, 0.6) is 0 Å². The van der Waals surface area contributed by atoms with E-state index in [4.69, 9.17) is 9.47 Å². The van der Waals surface area contributed by atoms with Crippen LogP contribution in [-0.2, 0) is 14.3 Å². The number of allylic oxidation sites excluding steroid dienone is 2. The average molecular weight is 240 g/mol. The Morgan fingerprint density at radius 3 is 2.76 bits per heavy atom. The Labute approximate surface area is 104 Å². The molecule has 0 spiro atoms. The molecule has 0 amide bonds.